The van der Waals surface area contributed by atoms with Crippen molar-refractivity contribution < 1.29 is 19.6 Å². The van der Waals surface area contributed by atoms with Crippen molar-refractivity contribution in [3.8, 4) is 0 Å². The Labute approximate surface area is 168 Å². The van der Waals surface area contributed by atoms with Gasteiger partial charge < -0.3 is 14.4 Å². The Morgan fingerprint density at radius 3 is 2.90 bits per heavy atom. The average Bonchev–Trinajstić information content (AvgIpc) is 3.07. The summed E-state index contributed by atoms with van der Waals surface area (Å²) in [6.07, 6.45) is 3.86. The maximum atomic E-state index is 12.9. The van der Waals surface area contributed by atoms with E-state index in [0.29, 0.717) is 5.52 Å². The van der Waals surface area contributed by atoms with Crippen LogP contribution >= 0.6 is 0 Å². The van der Waals surface area contributed by atoms with Gasteiger partial charge in [0.05, 0.1) is 23.6 Å². The van der Waals surface area contributed by atoms with Crippen molar-refractivity contribution in [1.29, 1.82) is 0 Å². The molecule has 154 valence electrons. The van der Waals surface area contributed by atoms with E-state index >= 15 is 0 Å². The van der Waals surface area contributed by atoms with Crippen LogP contribution in [0.25, 0.3) is 10.9 Å². The van der Waals surface area contributed by atoms with Crippen molar-refractivity contribution in [2.75, 3.05) is 20.2 Å². The van der Waals surface area contributed by atoms with Gasteiger partial charge in [0.1, 0.15) is 0 Å². The molecule has 0 radical (unpaired) electrons. The normalized spacial score (nSPS) is 30.8. The van der Waals surface area contributed by atoms with Gasteiger partial charge in [0, 0.05) is 36.2 Å². The summed E-state index contributed by atoms with van der Waals surface area (Å²) in [5.41, 5.74) is 0.415. The van der Waals surface area contributed by atoms with Crippen LogP contribution in [0.1, 0.15) is 49.9 Å². The summed E-state index contributed by atoms with van der Waals surface area (Å²) in [5, 5.41) is 24.1. The summed E-state index contributed by atoms with van der Waals surface area (Å²) in [5.74, 6) is -0.710. The van der Waals surface area contributed by atoms with E-state index in [4.69, 9.17) is 4.74 Å². The molecule has 8 nitrogen and oxygen atoms in total. The van der Waals surface area contributed by atoms with Crippen molar-refractivity contribution in [2.24, 2.45) is 5.41 Å². The predicted octanol–water partition coefficient (Wildman–Crippen LogP) is 2.86. The fourth-order valence-corrected chi connectivity index (χ4v) is 6.25. The number of nitrogens with zero attached hydrogens (tertiary/aromatic N) is 3. The number of fused-ring (bicyclic) bond motifs is 3. The number of hydrogen-bond donors (Lipinski definition) is 1. The highest BCUT2D eigenvalue weighted by atomic mass is 16.6. The van der Waals surface area contributed by atoms with E-state index in [1.54, 1.807) is 10.6 Å². The monoisotopic (exact) mass is 399 g/mol. The highest BCUT2D eigenvalue weighted by molar-refractivity contribution is 5.91. The number of hydrogen-bond acceptors (Lipinski definition) is 6. The number of nitro benzene ring substituents is 1. The largest absolute Gasteiger partial charge is 0.465 e. The molecular weight excluding hydrogens is 374 g/mol. The third-order valence-corrected chi connectivity index (χ3v) is 7.47. The Balaban J connectivity index is 1.90. The molecule has 1 saturated heterocycles. The minimum atomic E-state index is -1.87. The minimum Gasteiger partial charge on any atom is -0.465 e. The predicted molar refractivity (Wildman–Crippen MR) is 105 cm³/mol. The molecule has 0 saturated carbocycles. The van der Waals surface area contributed by atoms with Gasteiger partial charge in [0.25, 0.3) is 5.69 Å². The van der Waals surface area contributed by atoms with E-state index in [2.05, 4.69) is 11.8 Å². The van der Waals surface area contributed by atoms with E-state index in [1.165, 1.54) is 19.2 Å². The number of methoxy groups -OCH3 is 1. The van der Waals surface area contributed by atoms with Gasteiger partial charge in [-0.25, -0.2) is 4.79 Å². The maximum absolute atomic E-state index is 12.9. The van der Waals surface area contributed by atoms with E-state index in [1.807, 2.05) is 0 Å². The van der Waals surface area contributed by atoms with Gasteiger partial charge >= 0.3 is 5.97 Å². The molecule has 5 rings (SSSR count). The molecule has 0 bridgehead atoms. The van der Waals surface area contributed by atoms with E-state index in [9.17, 15) is 20.0 Å². The maximum Gasteiger partial charge on any atom is 0.359 e. The van der Waals surface area contributed by atoms with Gasteiger partial charge in [0.15, 0.2) is 0 Å². The number of aromatic nitrogens is 1. The van der Waals surface area contributed by atoms with Crippen molar-refractivity contribution in [1.82, 2.24) is 9.47 Å². The van der Waals surface area contributed by atoms with Crippen LogP contribution in [-0.4, -0.2) is 45.7 Å². The molecular formula is C21H25N3O5. The summed E-state index contributed by atoms with van der Waals surface area (Å²) in [4.78, 5) is 26.3. The molecule has 0 aliphatic carbocycles. The second kappa shape index (κ2) is 6.03. The van der Waals surface area contributed by atoms with Crippen LogP contribution in [0.2, 0.25) is 0 Å². The molecule has 2 aromatic rings. The zero-order valence-electron chi connectivity index (χ0n) is 16.7. The molecule has 8 heteroatoms. The van der Waals surface area contributed by atoms with Crippen LogP contribution in [0.4, 0.5) is 5.69 Å². The molecule has 0 amide bonds. The number of carbonyl (C=O) groups excluding carboxylic acids is 1. The lowest BCUT2D eigenvalue weighted by Gasteiger charge is -2.57. The highest BCUT2D eigenvalue weighted by Crippen LogP contribution is 2.60. The lowest BCUT2D eigenvalue weighted by Crippen LogP contribution is -2.60. The molecule has 1 N–H and O–H groups in total. The van der Waals surface area contributed by atoms with Crippen molar-refractivity contribution in [2.45, 2.75) is 50.8 Å². The Morgan fingerprint density at radius 2 is 2.21 bits per heavy atom. The van der Waals surface area contributed by atoms with Gasteiger partial charge in [-0.3, -0.25) is 15.0 Å². The molecule has 0 unspecified atom stereocenters. The zero-order chi connectivity index (χ0) is 20.6. The molecule has 1 fully saturated rings. The molecule has 1 aromatic carbocycles. The Hall–Kier alpha value is -2.45. The lowest BCUT2D eigenvalue weighted by molar-refractivity contribution is -0.384. The first-order valence-corrected chi connectivity index (χ1v) is 10.2. The van der Waals surface area contributed by atoms with E-state index in [-0.39, 0.29) is 23.6 Å². The first kappa shape index (κ1) is 18.6. The Morgan fingerprint density at radius 1 is 1.41 bits per heavy atom. The van der Waals surface area contributed by atoms with Gasteiger partial charge in [-0.15, -0.1) is 0 Å². The highest BCUT2D eigenvalue weighted by Gasteiger charge is 2.60. The number of non-ortho nitro benzene ring substituents is 1. The number of nitro groups is 1. The van der Waals surface area contributed by atoms with Crippen LogP contribution in [0.5, 0.6) is 0 Å². The zero-order valence-corrected chi connectivity index (χ0v) is 16.7. The van der Waals surface area contributed by atoms with Gasteiger partial charge in [-0.2, -0.15) is 0 Å². The van der Waals surface area contributed by atoms with Crippen molar-refractivity contribution >= 4 is 22.6 Å². The molecule has 0 spiro atoms. The molecule has 3 aliphatic rings. The number of rotatable bonds is 3. The average molecular weight is 399 g/mol. The van der Waals surface area contributed by atoms with Crippen molar-refractivity contribution in [3.05, 3.63) is 39.6 Å². The fourth-order valence-electron chi connectivity index (χ4n) is 6.25. The number of aliphatic hydroxyl groups is 1. The third kappa shape index (κ3) is 2.24. The minimum absolute atomic E-state index is 0.0522. The summed E-state index contributed by atoms with van der Waals surface area (Å²) >= 11 is 0. The topological polar surface area (TPSA) is 97.8 Å². The fraction of sp³-hybridized carbons (Fsp3) is 0.571. The Kier molecular flexibility index (Phi) is 3.86. The summed E-state index contributed by atoms with van der Waals surface area (Å²) in [6, 6.07) is 4.84. The number of carbonyl (C=O) groups is 1. The van der Waals surface area contributed by atoms with Crippen LogP contribution in [0.3, 0.4) is 0 Å². The SMILES string of the molecule is CC[C@@]12CCCN3CCc4c(n(c5cc([N+](=O)[O-])ccc45)[C@](O)(C(=O)OC)C1)[C@H]32. The third-order valence-electron chi connectivity index (χ3n) is 7.47. The molecule has 3 atom stereocenters. The van der Waals surface area contributed by atoms with Crippen LogP contribution in [0.15, 0.2) is 18.2 Å². The molecule has 3 aliphatic heterocycles. The Bertz CT molecular complexity index is 1050. The smallest absolute Gasteiger partial charge is 0.359 e. The number of piperidine rings is 1. The van der Waals surface area contributed by atoms with Gasteiger partial charge in [-0.05, 0) is 49.3 Å². The quantitative estimate of drug-likeness (QED) is 0.484. The molecule has 4 heterocycles. The summed E-state index contributed by atoms with van der Waals surface area (Å²) < 4.78 is 6.70. The summed E-state index contributed by atoms with van der Waals surface area (Å²) in [7, 11) is 1.28. The second-order valence-corrected chi connectivity index (χ2v) is 8.65. The number of benzene rings is 1. The second-order valence-electron chi connectivity index (χ2n) is 8.65. The first-order valence-electron chi connectivity index (χ1n) is 10.2. The molecule has 1 aromatic heterocycles. The van der Waals surface area contributed by atoms with Crippen molar-refractivity contribution in [3.63, 3.8) is 0 Å². The summed E-state index contributed by atoms with van der Waals surface area (Å²) in [6.45, 7) is 4.04. The molecule has 29 heavy (non-hydrogen) atoms. The standard InChI is InChI=1S/C21H25N3O5/c1-3-20-8-4-9-22-10-7-15-14-6-5-13(24(27)28)11-16(14)23(17(15)18(20)22)21(26,12-20)19(25)29-2/h5-6,11,18,26H,3-4,7-10,12H2,1-2H3/t18-,20+,21+/m0/s1. The van der Waals surface area contributed by atoms with Gasteiger partial charge in [0.2, 0.25) is 5.72 Å². The van der Waals surface area contributed by atoms with Crippen LogP contribution < -0.4 is 0 Å². The number of esters is 1. The number of ether oxygens (including phenoxy) is 1. The van der Waals surface area contributed by atoms with Crippen LogP contribution in [0, 0.1) is 15.5 Å². The van der Waals surface area contributed by atoms with Crippen LogP contribution in [-0.2, 0) is 21.7 Å². The van der Waals surface area contributed by atoms with Gasteiger partial charge in [-0.1, -0.05) is 6.92 Å². The van der Waals surface area contributed by atoms with E-state index in [0.717, 1.165) is 55.4 Å². The first-order chi connectivity index (χ1) is 13.9. The lowest BCUT2D eigenvalue weighted by atomic mass is 9.62. The van der Waals surface area contributed by atoms with E-state index < -0.39 is 16.6 Å².